The van der Waals surface area contributed by atoms with E-state index in [1.165, 1.54) is 0 Å². The largest absolute Gasteiger partial charge is 4.00 e. The maximum atomic E-state index is 8.33. The quantitative estimate of drug-likeness (QED) is 0.368. The smallest absolute Gasteiger partial charge is 1.00 e. The molecule has 0 fully saturated rings. The standard InChI is InChI=1S/2CH2O3.Ca.Ti.2H/c2*2-1(3)4;;;;/h2*(H2,2,3,4);;;;/q;;+2;+4;2*-1/p-4. The van der Waals surface area contributed by atoms with Gasteiger partial charge in [0.25, 0.3) is 0 Å². The molecular formula is C2H2CaO6Ti. The van der Waals surface area contributed by atoms with E-state index in [-0.39, 0.29) is 62.3 Å². The number of rotatable bonds is 0. The Labute approximate surface area is 104 Å². The molecule has 0 saturated heterocycles. The van der Waals surface area contributed by atoms with E-state index in [1.54, 1.807) is 0 Å². The number of carbonyl (C=O) groups excluding carboxylic acids is 2. The number of carboxylic acid groups (broad SMARTS) is 4. The van der Waals surface area contributed by atoms with E-state index >= 15 is 0 Å². The predicted octanol–water partition coefficient (Wildman–Crippen LogP) is -5.05. The van der Waals surface area contributed by atoms with Gasteiger partial charge in [-0.1, -0.05) is 0 Å². The van der Waals surface area contributed by atoms with E-state index in [4.69, 9.17) is 30.0 Å². The van der Waals surface area contributed by atoms with Crippen LogP contribution in [-0.2, 0) is 21.7 Å². The van der Waals surface area contributed by atoms with Gasteiger partial charge >= 0.3 is 59.5 Å². The molecule has 0 aromatic rings. The molecule has 0 atom stereocenters. The first-order valence-electron chi connectivity index (χ1n) is 1.22. The van der Waals surface area contributed by atoms with Gasteiger partial charge in [-0.3, -0.25) is 0 Å². The molecule has 0 aliphatic heterocycles. The van der Waals surface area contributed by atoms with Crippen LogP contribution in [0.2, 0.25) is 0 Å². The molecule has 0 rings (SSSR count). The first-order chi connectivity index (χ1) is 3.46. The average Bonchev–Trinajstić information content (AvgIpc) is 1.25. The summed E-state index contributed by atoms with van der Waals surface area (Å²) in [5.41, 5.74) is 0. The minimum atomic E-state index is -2.33. The van der Waals surface area contributed by atoms with Crippen LogP contribution in [0.1, 0.15) is 2.85 Å². The van der Waals surface area contributed by atoms with Crippen LogP contribution in [0, 0.1) is 0 Å². The second-order valence-electron chi connectivity index (χ2n) is 0.500. The summed E-state index contributed by atoms with van der Waals surface area (Å²) >= 11 is 0. The van der Waals surface area contributed by atoms with Gasteiger partial charge in [0.2, 0.25) is 0 Å². The van der Waals surface area contributed by atoms with Crippen LogP contribution >= 0.6 is 0 Å². The molecule has 8 heteroatoms. The van der Waals surface area contributed by atoms with Crippen molar-refractivity contribution in [3.63, 3.8) is 0 Å². The number of hydrogen-bond donors (Lipinski definition) is 0. The molecule has 0 heterocycles. The van der Waals surface area contributed by atoms with Crippen LogP contribution in [0.3, 0.4) is 0 Å². The van der Waals surface area contributed by atoms with E-state index < -0.39 is 12.3 Å². The van der Waals surface area contributed by atoms with E-state index in [0.717, 1.165) is 0 Å². The molecule has 6 nitrogen and oxygen atoms in total. The fourth-order valence-electron chi connectivity index (χ4n) is 0. The molecule has 0 radical (unpaired) electrons. The Balaban J connectivity index is -0.0000000112. The monoisotopic (exact) mass is 210 g/mol. The van der Waals surface area contributed by atoms with Crippen molar-refractivity contribution in [1.29, 1.82) is 0 Å². The summed E-state index contributed by atoms with van der Waals surface area (Å²) in [5.74, 6) is 0. The van der Waals surface area contributed by atoms with E-state index in [0.29, 0.717) is 0 Å². The number of carbonyl (C=O) groups is 2. The molecular weight excluding hydrogens is 208 g/mol. The summed E-state index contributed by atoms with van der Waals surface area (Å²) in [4.78, 5) is 16.7. The van der Waals surface area contributed by atoms with E-state index in [1.807, 2.05) is 0 Å². The Morgan fingerprint density at radius 3 is 0.900 bits per heavy atom. The molecule has 0 unspecified atom stereocenters. The third-order valence-corrected chi connectivity index (χ3v) is 0. The van der Waals surface area contributed by atoms with Crippen LogP contribution in [0.4, 0.5) is 9.59 Å². The summed E-state index contributed by atoms with van der Waals surface area (Å²) in [6.45, 7) is 0. The molecule has 0 aliphatic carbocycles. The summed E-state index contributed by atoms with van der Waals surface area (Å²) in [7, 11) is 0. The molecule has 0 bridgehead atoms. The van der Waals surface area contributed by atoms with Crippen LogP contribution in [0.5, 0.6) is 0 Å². The minimum Gasteiger partial charge on any atom is -1.00 e. The van der Waals surface area contributed by atoms with Crippen molar-refractivity contribution < 1.29 is 54.6 Å². The summed E-state index contributed by atoms with van der Waals surface area (Å²) in [6, 6.07) is 0. The normalized spacial score (nSPS) is 4.80. The van der Waals surface area contributed by atoms with Crippen LogP contribution in [0.25, 0.3) is 0 Å². The Morgan fingerprint density at radius 1 is 0.900 bits per heavy atom. The zero-order valence-electron chi connectivity index (χ0n) is 6.66. The Kier molecular flexibility index (Phi) is 36.5. The molecule has 52 valence electrons. The Bertz CT molecular complexity index is 81.5. The summed E-state index contributed by atoms with van der Waals surface area (Å²) in [5, 5.41) is 33.3. The Hall–Kier alpha value is 0.514. The van der Waals surface area contributed by atoms with Gasteiger partial charge in [0.05, 0.1) is 0 Å². The average molecular weight is 210 g/mol. The van der Waals surface area contributed by atoms with Gasteiger partial charge in [-0.2, -0.15) is 0 Å². The fourth-order valence-corrected chi connectivity index (χ4v) is 0. The van der Waals surface area contributed by atoms with Crippen LogP contribution in [0.15, 0.2) is 0 Å². The maximum absolute atomic E-state index is 8.33. The van der Waals surface area contributed by atoms with Gasteiger partial charge in [-0.25, -0.2) is 0 Å². The number of hydrogen-bond acceptors (Lipinski definition) is 6. The zero-order valence-corrected chi connectivity index (χ0v) is 8.43. The molecule has 0 saturated carbocycles. The first-order valence-corrected chi connectivity index (χ1v) is 1.22. The summed E-state index contributed by atoms with van der Waals surface area (Å²) < 4.78 is 0. The SMILES string of the molecule is O=C([O-])[O-].O=C([O-])[O-].[Ca+2].[H-].[H-].[Ti+4]. The van der Waals surface area contributed by atoms with Gasteiger partial charge in [-0.05, 0) is 12.3 Å². The molecule has 10 heavy (non-hydrogen) atoms. The van der Waals surface area contributed by atoms with Gasteiger partial charge in [0, 0.05) is 0 Å². The Morgan fingerprint density at radius 2 is 0.900 bits per heavy atom. The van der Waals surface area contributed by atoms with Crippen molar-refractivity contribution in [2.45, 2.75) is 0 Å². The van der Waals surface area contributed by atoms with Gasteiger partial charge in [0.15, 0.2) is 0 Å². The van der Waals surface area contributed by atoms with E-state index in [9.17, 15) is 0 Å². The minimum absolute atomic E-state index is 0. The van der Waals surface area contributed by atoms with Crippen molar-refractivity contribution in [2.24, 2.45) is 0 Å². The second-order valence-corrected chi connectivity index (χ2v) is 0.500. The van der Waals surface area contributed by atoms with E-state index in [2.05, 4.69) is 0 Å². The fraction of sp³-hybridized carbons (Fsp3) is 0. The third kappa shape index (κ3) is 1820. The van der Waals surface area contributed by atoms with Gasteiger partial charge in [0.1, 0.15) is 0 Å². The predicted molar refractivity (Wildman–Crippen MR) is 18.8 cm³/mol. The van der Waals surface area contributed by atoms with Gasteiger partial charge < -0.3 is 32.9 Å². The second kappa shape index (κ2) is 16.3. The van der Waals surface area contributed by atoms with Crippen molar-refractivity contribution >= 4 is 50.0 Å². The molecule has 0 amide bonds. The zero-order chi connectivity index (χ0) is 7.15. The van der Waals surface area contributed by atoms with Crippen molar-refractivity contribution in [1.82, 2.24) is 0 Å². The van der Waals surface area contributed by atoms with Crippen LogP contribution < -0.4 is 20.4 Å². The first kappa shape index (κ1) is 22.4. The molecule has 0 aromatic carbocycles. The maximum Gasteiger partial charge on any atom is 4.00 e. The van der Waals surface area contributed by atoms with Crippen molar-refractivity contribution in [2.75, 3.05) is 0 Å². The van der Waals surface area contributed by atoms with Crippen molar-refractivity contribution in [3.8, 4) is 0 Å². The van der Waals surface area contributed by atoms with Crippen LogP contribution in [-0.4, -0.2) is 50.0 Å². The molecule has 0 aliphatic rings. The topological polar surface area (TPSA) is 126 Å². The molecule has 0 aromatic heterocycles. The third-order valence-electron chi connectivity index (χ3n) is 0. The summed E-state index contributed by atoms with van der Waals surface area (Å²) in [6.07, 6.45) is -4.67. The van der Waals surface area contributed by atoms with Gasteiger partial charge in [-0.15, -0.1) is 0 Å². The molecule has 0 N–H and O–H groups in total. The molecule has 0 spiro atoms. The van der Waals surface area contributed by atoms with Crippen molar-refractivity contribution in [3.05, 3.63) is 0 Å².